The van der Waals surface area contributed by atoms with Crippen molar-refractivity contribution >= 4 is 11.7 Å². The summed E-state index contributed by atoms with van der Waals surface area (Å²) in [6.45, 7) is 0.595. The van der Waals surface area contributed by atoms with Crippen molar-refractivity contribution in [2.24, 2.45) is 5.18 Å². The molecule has 0 aliphatic carbocycles. The van der Waals surface area contributed by atoms with Crippen LogP contribution in [0.3, 0.4) is 0 Å². The normalized spacial score (nSPS) is 10.4. The standard InChI is InChI=1S/C28H23NO5/c30-28(34-20-23-14-8-3-9-15-23)24-16-26(32-18-21-10-4-1-5-11-21)27(17-25(24)29-31)33-19-22-12-6-2-7-13-22/h1-17H,18-20H2. The maximum absolute atomic E-state index is 12.8. The smallest absolute Gasteiger partial charge is 0.340 e. The molecule has 170 valence electrons. The summed E-state index contributed by atoms with van der Waals surface area (Å²) < 4.78 is 17.3. The first-order valence-corrected chi connectivity index (χ1v) is 10.8. The maximum Gasteiger partial charge on any atom is 0.340 e. The Labute approximate surface area is 197 Å². The summed E-state index contributed by atoms with van der Waals surface area (Å²) in [6.07, 6.45) is 0. The molecule has 0 unspecified atom stereocenters. The van der Waals surface area contributed by atoms with Crippen LogP contribution in [0.25, 0.3) is 0 Å². The van der Waals surface area contributed by atoms with E-state index in [0.29, 0.717) is 11.5 Å². The minimum Gasteiger partial charge on any atom is -0.485 e. The molecule has 4 aromatic carbocycles. The third kappa shape index (κ3) is 6.07. The van der Waals surface area contributed by atoms with Crippen molar-refractivity contribution in [1.82, 2.24) is 0 Å². The molecule has 4 aromatic rings. The predicted octanol–water partition coefficient (Wildman–Crippen LogP) is 6.60. The van der Waals surface area contributed by atoms with Gasteiger partial charge in [-0.2, -0.15) is 0 Å². The summed E-state index contributed by atoms with van der Waals surface area (Å²) in [7, 11) is 0. The number of esters is 1. The zero-order valence-corrected chi connectivity index (χ0v) is 18.4. The maximum atomic E-state index is 12.8. The van der Waals surface area contributed by atoms with E-state index in [2.05, 4.69) is 5.18 Å². The molecular weight excluding hydrogens is 430 g/mol. The minimum absolute atomic E-state index is 0.0149. The summed E-state index contributed by atoms with van der Waals surface area (Å²) >= 11 is 0. The van der Waals surface area contributed by atoms with Crippen LogP contribution >= 0.6 is 0 Å². The first-order chi connectivity index (χ1) is 16.7. The molecule has 34 heavy (non-hydrogen) atoms. The van der Waals surface area contributed by atoms with E-state index in [4.69, 9.17) is 14.2 Å². The largest absolute Gasteiger partial charge is 0.485 e. The van der Waals surface area contributed by atoms with Crippen LogP contribution in [0.2, 0.25) is 0 Å². The molecule has 0 N–H and O–H groups in total. The lowest BCUT2D eigenvalue weighted by Gasteiger charge is -2.15. The molecule has 0 amide bonds. The Bertz CT molecular complexity index is 1230. The van der Waals surface area contributed by atoms with Gasteiger partial charge >= 0.3 is 5.97 Å². The van der Waals surface area contributed by atoms with Crippen LogP contribution in [-0.2, 0) is 24.6 Å². The molecule has 0 aliphatic rings. The van der Waals surface area contributed by atoms with Crippen LogP contribution < -0.4 is 9.47 Å². The van der Waals surface area contributed by atoms with Crippen molar-refractivity contribution in [3.05, 3.63) is 130 Å². The fraction of sp³-hybridized carbons (Fsp3) is 0.107. The highest BCUT2D eigenvalue weighted by molar-refractivity contribution is 5.96. The monoisotopic (exact) mass is 453 g/mol. The Balaban J connectivity index is 1.58. The van der Waals surface area contributed by atoms with Gasteiger partial charge in [0.1, 0.15) is 25.5 Å². The van der Waals surface area contributed by atoms with Gasteiger partial charge in [0.05, 0.1) is 5.56 Å². The van der Waals surface area contributed by atoms with Crippen LogP contribution in [0.1, 0.15) is 27.0 Å². The van der Waals surface area contributed by atoms with Crippen LogP contribution in [0.15, 0.2) is 108 Å². The van der Waals surface area contributed by atoms with E-state index in [9.17, 15) is 9.70 Å². The highest BCUT2D eigenvalue weighted by Gasteiger charge is 2.20. The quantitative estimate of drug-likeness (QED) is 0.200. The fourth-order valence-corrected chi connectivity index (χ4v) is 3.29. The van der Waals surface area contributed by atoms with Gasteiger partial charge in [-0.3, -0.25) is 0 Å². The zero-order valence-electron chi connectivity index (χ0n) is 18.4. The fourth-order valence-electron chi connectivity index (χ4n) is 3.29. The lowest BCUT2D eigenvalue weighted by atomic mass is 10.1. The third-order valence-corrected chi connectivity index (χ3v) is 5.07. The summed E-state index contributed by atoms with van der Waals surface area (Å²) in [5.41, 5.74) is 2.67. The Morgan fingerprint density at radius 3 is 1.53 bits per heavy atom. The number of ether oxygens (including phenoxy) is 3. The molecule has 0 heterocycles. The molecule has 0 bridgehead atoms. The second kappa shape index (κ2) is 11.4. The third-order valence-electron chi connectivity index (χ3n) is 5.07. The van der Waals surface area contributed by atoms with Crippen LogP contribution in [-0.4, -0.2) is 5.97 Å². The van der Waals surface area contributed by atoms with Crippen LogP contribution in [0.5, 0.6) is 11.5 Å². The number of carbonyl (C=O) groups is 1. The van der Waals surface area contributed by atoms with E-state index >= 15 is 0 Å². The van der Waals surface area contributed by atoms with Gasteiger partial charge in [0.2, 0.25) is 0 Å². The molecule has 0 atom stereocenters. The summed E-state index contributed by atoms with van der Waals surface area (Å²) in [4.78, 5) is 24.4. The number of carbonyl (C=O) groups excluding carboxylic acids is 1. The van der Waals surface area contributed by atoms with E-state index < -0.39 is 5.97 Å². The van der Waals surface area contributed by atoms with E-state index in [0.717, 1.165) is 16.7 Å². The first kappa shape index (κ1) is 22.7. The van der Waals surface area contributed by atoms with Gasteiger partial charge in [-0.15, -0.1) is 4.91 Å². The molecule has 0 saturated heterocycles. The summed E-state index contributed by atoms with van der Waals surface area (Å²) in [5.74, 6) is -0.0366. The van der Waals surface area contributed by atoms with Gasteiger partial charge in [-0.25, -0.2) is 4.79 Å². The van der Waals surface area contributed by atoms with Crippen LogP contribution in [0, 0.1) is 4.91 Å². The van der Waals surface area contributed by atoms with Gasteiger partial charge in [0.25, 0.3) is 0 Å². The Morgan fingerprint density at radius 1 is 0.618 bits per heavy atom. The lowest BCUT2D eigenvalue weighted by Crippen LogP contribution is -2.08. The first-order valence-electron chi connectivity index (χ1n) is 10.8. The van der Waals surface area contributed by atoms with Crippen LogP contribution in [0.4, 0.5) is 5.69 Å². The second-order valence-corrected chi connectivity index (χ2v) is 7.52. The highest BCUT2D eigenvalue weighted by Crippen LogP contribution is 2.36. The van der Waals surface area contributed by atoms with E-state index in [1.165, 1.54) is 12.1 Å². The molecule has 0 fully saturated rings. The van der Waals surface area contributed by atoms with Crippen molar-refractivity contribution < 1.29 is 19.0 Å². The van der Waals surface area contributed by atoms with Gasteiger partial charge in [-0.1, -0.05) is 91.0 Å². The average Bonchev–Trinajstić information content (AvgIpc) is 2.91. The van der Waals surface area contributed by atoms with E-state index in [1.807, 2.05) is 91.0 Å². The van der Waals surface area contributed by atoms with Gasteiger partial charge in [0.15, 0.2) is 11.5 Å². The van der Waals surface area contributed by atoms with Gasteiger partial charge in [0, 0.05) is 12.1 Å². The SMILES string of the molecule is O=Nc1cc(OCc2ccccc2)c(OCc2ccccc2)cc1C(=O)OCc1ccccc1. The number of hydrogen-bond donors (Lipinski definition) is 0. The predicted molar refractivity (Wildman–Crippen MR) is 129 cm³/mol. The Morgan fingerprint density at radius 2 is 1.06 bits per heavy atom. The molecular formula is C28H23NO5. The average molecular weight is 453 g/mol. The molecule has 0 spiro atoms. The topological polar surface area (TPSA) is 74.2 Å². The Hall–Kier alpha value is -4.45. The molecule has 4 rings (SSSR count). The van der Waals surface area contributed by atoms with Crippen molar-refractivity contribution in [1.29, 1.82) is 0 Å². The Kier molecular flexibility index (Phi) is 7.64. The molecule has 6 nitrogen and oxygen atoms in total. The number of benzene rings is 4. The molecule has 0 aromatic heterocycles. The summed E-state index contributed by atoms with van der Waals surface area (Å²) in [6, 6.07) is 31.4. The van der Waals surface area contributed by atoms with Gasteiger partial charge < -0.3 is 14.2 Å². The number of nitrogens with zero attached hydrogens (tertiary/aromatic N) is 1. The minimum atomic E-state index is -0.669. The lowest BCUT2D eigenvalue weighted by molar-refractivity contribution is 0.0473. The second-order valence-electron chi connectivity index (χ2n) is 7.52. The summed E-state index contributed by atoms with van der Waals surface area (Å²) in [5, 5.41) is 3.04. The highest BCUT2D eigenvalue weighted by atomic mass is 16.5. The van der Waals surface area contributed by atoms with Crippen molar-refractivity contribution in [2.45, 2.75) is 19.8 Å². The zero-order chi connectivity index (χ0) is 23.6. The molecule has 0 radical (unpaired) electrons. The van der Waals surface area contributed by atoms with Gasteiger partial charge in [-0.05, 0) is 21.9 Å². The van der Waals surface area contributed by atoms with E-state index in [-0.39, 0.29) is 31.1 Å². The van der Waals surface area contributed by atoms with E-state index in [1.54, 1.807) is 0 Å². The van der Waals surface area contributed by atoms with Crippen molar-refractivity contribution in [2.75, 3.05) is 0 Å². The van der Waals surface area contributed by atoms with Crippen molar-refractivity contribution in [3.63, 3.8) is 0 Å². The number of rotatable bonds is 10. The molecule has 0 saturated carbocycles. The molecule has 6 heteroatoms. The van der Waals surface area contributed by atoms with Crippen molar-refractivity contribution in [3.8, 4) is 11.5 Å². The molecule has 0 aliphatic heterocycles. The number of hydrogen-bond acceptors (Lipinski definition) is 6. The number of nitroso groups, excluding NO2 is 1.